The summed E-state index contributed by atoms with van der Waals surface area (Å²) in [7, 11) is 1.18. The third-order valence-electron chi connectivity index (χ3n) is 2.94. The van der Waals surface area contributed by atoms with Crippen molar-refractivity contribution in [2.45, 2.75) is 12.0 Å². The van der Waals surface area contributed by atoms with Crippen LogP contribution in [0.4, 0.5) is 10.5 Å². The molecule has 0 fully saturated rings. The molecule has 0 aromatic heterocycles. The summed E-state index contributed by atoms with van der Waals surface area (Å²) in [6.07, 6.45) is 0.665. The summed E-state index contributed by atoms with van der Waals surface area (Å²) in [6.45, 7) is 3.52. The van der Waals surface area contributed by atoms with Gasteiger partial charge in [-0.3, -0.25) is 4.79 Å². The highest BCUT2D eigenvalue weighted by Gasteiger charge is 2.51. The van der Waals surface area contributed by atoms with Crippen LogP contribution in [0.2, 0.25) is 0 Å². The molecule has 1 atom stereocenters. The van der Waals surface area contributed by atoms with Crippen LogP contribution in [0.1, 0.15) is 12.0 Å². The molecule has 1 heterocycles. The molecule has 2 rings (SSSR count). The Bertz CT molecular complexity index is 525. The zero-order valence-corrected chi connectivity index (χ0v) is 9.92. The van der Waals surface area contributed by atoms with E-state index in [0.717, 1.165) is 4.90 Å². The smallest absolute Gasteiger partial charge is 0.421 e. The molecule has 1 aliphatic heterocycles. The van der Waals surface area contributed by atoms with Crippen molar-refractivity contribution in [3.8, 4) is 0 Å². The van der Waals surface area contributed by atoms with Crippen molar-refractivity contribution in [2.24, 2.45) is 0 Å². The highest BCUT2D eigenvalue weighted by molar-refractivity contribution is 6.20. The molecule has 0 saturated heterocycles. The number of imide groups is 1. The summed E-state index contributed by atoms with van der Waals surface area (Å²) in [5, 5.41) is 10.5. The topological polar surface area (TPSA) is 66.8 Å². The molecule has 1 aromatic rings. The van der Waals surface area contributed by atoms with Crippen LogP contribution >= 0.6 is 0 Å². The number of benzene rings is 1. The number of fused-ring (bicyclic) bond motifs is 1. The minimum Gasteiger partial charge on any atom is -0.452 e. The minimum atomic E-state index is -1.74. The van der Waals surface area contributed by atoms with Crippen LogP contribution in [0, 0.1) is 0 Å². The second-order valence-corrected chi connectivity index (χ2v) is 3.98. The Morgan fingerprint density at radius 1 is 1.56 bits per heavy atom. The predicted octanol–water partition coefficient (Wildman–Crippen LogP) is 1.56. The molecule has 0 unspecified atom stereocenters. The molecular weight excluding hydrogens is 234 g/mol. The summed E-state index contributed by atoms with van der Waals surface area (Å²) in [6, 6.07) is 6.58. The molecule has 1 aromatic carbocycles. The van der Waals surface area contributed by atoms with E-state index in [4.69, 9.17) is 0 Å². The van der Waals surface area contributed by atoms with E-state index in [1.165, 1.54) is 13.2 Å². The van der Waals surface area contributed by atoms with Crippen LogP contribution in [0.5, 0.6) is 0 Å². The number of methoxy groups -OCH3 is 1. The van der Waals surface area contributed by atoms with Crippen LogP contribution in [-0.4, -0.2) is 24.2 Å². The van der Waals surface area contributed by atoms with Crippen molar-refractivity contribution in [2.75, 3.05) is 12.0 Å². The molecule has 5 heteroatoms. The summed E-state index contributed by atoms with van der Waals surface area (Å²) in [5.41, 5.74) is -1.01. The third kappa shape index (κ3) is 1.52. The average molecular weight is 247 g/mol. The molecule has 94 valence electrons. The Hall–Kier alpha value is -2.14. The number of nitrogens with zero attached hydrogens (tertiary/aromatic N) is 1. The van der Waals surface area contributed by atoms with Gasteiger partial charge in [-0.05, 0) is 6.07 Å². The van der Waals surface area contributed by atoms with E-state index >= 15 is 0 Å². The number of para-hydroxylation sites is 1. The van der Waals surface area contributed by atoms with Crippen LogP contribution in [-0.2, 0) is 15.1 Å². The fraction of sp³-hybridized carbons (Fsp3) is 0.231. The van der Waals surface area contributed by atoms with Crippen molar-refractivity contribution in [3.05, 3.63) is 42.5 Å². The number of carbonyl (C=O) groups is 2. The number of anilines is 1. The number of carbonyl (C=O) groups excluding carboxylic acids is 2. The lowest BCUT2D eigenvalue weighted by Crippen LogP contribution is -2.43. The normalized spacial score (nSPS) is 21.7. The molecule has 2 amide bonds. The fourth-order valence-corrected chi connectivity index (χ4v) is 2.11. The third-order valence-corrected chi connectivity index (χ3v) is 2.94. The van der Waals surface area contributed by atoms with Gasteiger partial charge < -0.3 is 9.84 Å². The van der Waals surface area contributed by atoms with Crippen molar-refractivity contribution in [1.82, 2.24) is 0 Å². The van der Waals surface area contributed by atoms with Crippen LogP contribution < -0.4 is 4.90 Å². The fourth-order valence-electron chi connectivity index (χ4n) is 2.11. The van der Waals surface area contributed by atoms with E-state index in [1.807, 2.05) is 0 Å². The number of ether oxygens (including phenoxy) is 1. The average Bonchev–Trinajstić information content (AvgIpc) is 2.59. The zero-order valence-electron chi connectivity index (χ0n) is 9.92. The van der Waals surface area contributed by atoms with Gasteiger partial charge in [0.2, 0.25) is 0 Å². The van der Waals surface area contributed by atoms with E-state index in [0.29, 0.717) is 11.3 Å². The van der Waals surface area contributed by atoms with Crippen molar-refractivity contribution in [1.29, 1.82) is 0 Å². The summed E-state index contributed by atoms with van der Waals surface area (Å²) < 4.78 is 4.56. The zero-order chi connectivity index (χ0) is 13.3. The first kappa shape index (κ1) is 12.3. The molecule has 0 spiro atoms. The van der Waals surface area contributed by atoms with Gasteiger partial charge in [0.25, 0.3) is 5.91 Å². The first-order valence-electron chi connectivity index (χ1n) is 5.41. The number of amides is 2. The van der Waals surface area contributed by atoms with Crippen molar-refractivity contribution < 1.29 is 19.4 Å². The minimum absolute atomic E-state index is 0.0380. The molecule has 0 radical (unpaired) electrons. The van der Waals surface area contributed by atoms with E-state index < -0.39 is 17.6 Å². The van der Waals surface area contributed by atoms with E-state index in [1.54, 1.807) is 24.3 Å². The van der Waals surface area contributed by atoms with Crippen LogP contribution in [0.15, 0.2) is 36.9 Å². The molecule has 5 nitrogen and oxygen atoms in total. The second kappa shape index (κ2) is 4.27. The highest BCUT2D eigenvalue weighted by Crippen LogP contribution is 2.42. The first-order valence-corrected chi connectivity index (χ1v) is 5.41. The van der Waals surface area contributed by atoms with Gasteiger partial charge in [-0.25, -0.2) is 9.69 Å². The van der Waals surface area contributed by atoms with Gasteiger partial charge in [0.05, 0.1) is 12.8 Å². The SMILES string of the molecule is C=CC[C@]1(O)C(=O)N(C(=O)OC)c2ccccc21. The van der Waals surface area contributed by atoms with E-state index in [-0.39, 0.29) is 6.42 Å². The predicted molar refractivity (Wildman–Crippen MR) is 65.0 cm³/mol. The van der Waals surface area contributed by atoms with Gasteiger partial charge >= 0.3 is 6.09 Å². The number of hydrogen-bond donors (Lipinski definition) is 1. The second-order valence-electron chi connectivity index (χ2n) is 3.98. The molecular formula is C13H13NO4. The number of hydrogen-bond acceptors (Lipinski definition) is 4. The van der Waals surface area contributed by atoms with E-state index in [2.05, 4.69) is 11.3 Å². The lowest BCUT2D eigenvalue weighted by atomic mass is 9.92. The lowest BCUT2D eigenvalue weighted by molar-refractivity contribution is -0.135. The van der Waals surface area contributed by atoms with Gasteiger partial charge in [0, 0.05) is 12.0 Å². The van der Waals surface area contributed by atoms with E-state index in [9.17, 15) is 14.7 Å². The monoisotopic (exact) mass is 247 g/mol. The summed E-state index contributed by atoms with van der Waals surface area (Å²) in [4.78, 5) is 24.7. The quantitative estimate of drug-likeness (QED) is 0.805. The number of aliphatic hydroxyl groups is 1. The molecule has 1 N–H and O–H groups in total. The maximum Gasteiger partial charge on any atom is 0.421 e. The summed E-state index contributed by atoms with van der Waals surface area (Å²) >= 11 is 0. The summed E-state index contributed by atoms with van der Waals surface area (Å²) in [5.74, 6) is -0.713. The number of rotatable bonds is 2. The lowest BCUT2D eigenvalue weighted by Gasteiger charge is -2.20. The van der Waals surface area contributed by atoms with Gasteiger partial charge in [0.15, 0.2) is 5.60 Å². The molecule has 0 aliphatic carbocycles. The highest BCUT2D eigenvalue weighted by atomic mass is 16.5. The Balaban J connectivity index is 2.60. The molecule has 0 bridgehead atoms. The van der Waals surface area contributed by atoms with Crippen molar-refractivity contribution in [3.63, 3.8) is 0 Å². The maximum absolute atomic E-state index is 12.2. The Labute approximate surface area is 104 Å². The standard InChI is InChI=1S/C13H13NO4/c1-3-8-13(17)9-6-4-5-7-10(9)14(11(13)15)12(16)18-2/h3-7,17H,1,8H2,2H3/t13-/m1/s1. The Morgan fingerprint density at radius 2 is 2.22 bits per heavy atom. The van der Waals surface area contributed by atoms with Crippen LogP contribution in [0.3, 0.4) is 0 Å². The Morgan fingerprint density at radius 3 is 2.83 bits per heavy atom. The molecule has 1 aliphatic rings. The van der Waals surface area contributed by atoms with Gasteiger partial charge in [-0.1, -0.05) is 24.3 Å². The van der Waals surface area contributed by atoms with Gasteiger partial charge in [-0.2, -0.15) is 0 Å². The molecule has 0 saturated carbocycles. The Kier molecular flexibility index (Phi) is 2.92. The van der Waals surface area contributed by atoms with Crippen LogP contribution in [0.25, 0.3) is 0 Å². The largest absolute Gasteiger partial charge is 0.452 e. The van der Waals surface area contributed by atoms with Gasteiger partial charge in [0.1, 0.15) is 0 Å². The maximum atomic E-state index is 12.2. The first-order chi connectivity index (χ1) is 8.56. The van der Waals surface area contributed by atoms with Crippen molar-refractivity contribution >= 4 is 17.7 Å². The van der Waals surface area contributed by atoms with Gasteiger partial charge in [-0.15, -0.1) is 6.58 Å². The molecule has 18 heavy (non-hydrogen) atoms.